The van der Waals surface area contributed by atoms with Crippen LogP contribution < -0.4 is 0 Å². The highest BCUT2D eigenvalue weighted by atomic mass is 16.5. The molecule has 0 heterocycles. The van der Waals surface area contributed by atoms with Crippen LogP contribution in [-0.2, 0) is 9.53 Å². The van der Waals surface area contributed by atoms with Crippen molar-refractivity contribution in [1.29, 1.82) is 0 Å². The van der Waals surface area contributed by atoms with Gasteiger partial charge in [0.25, 0.3) is 0 Å². The minimum absolute atomic E-state index is 0.0938. The van der Waals surface area contributed by atoms with Crippen molar-refractivity contribution >= 4 is 5.78 Å². The number of ether oxygens (including phenoxy) is 1. The van der Waals surface area contributed by atoms with Crippen LogP contribution in [0.4, 0.5) is 0 Å². The first-order valence-electron chi connectivity index (χ1n) is 5.37. The van der Waals surface area contributed by atoms with Crippen molar-refractivity contribution < 1.29 is 14.6 Å². The number of carbonyl (C=O) groups is 1. The molecule has 0 aliphatic heterocycles. The third-order valence-electron chi connectivity index (χ3n) is 2.54. The molecule has 1 rings (SSSR count). The number of allylic oxidation sites excluding steroid dienone is 2. The lowest BCUT2D eigenvalue weighted by atomic mass is 9.95. The molecule has 0 spiro atoms. The smallest absolute Gasteiger partial charge is 0.182 e. The number of aliphatic hydroxyl groups excluding tert-OH is 1. The van der Waals surface area contributed by atoms with Gasteiger partial charge in [-0.2, -0.15) is 0 Å². The monoisotopic (exact) mass is 210 g/mol. The molecule has 0 amide bonds. The number of hydrogen-bond acceptors (Lipinski definition) is 3. The van der Waals surface area contributed by atoms with E-state index in [4.69, 9.17) is 4.74 Å². The summed E-state index contributed by atoms with van der Waals surface area (Å²) in [6.07, 6.45) is 6.14. The maximum Gasteiger partial charge on any atom is 0.182 e. The highest BCUT2D eigenvalue weighted by Crippen LogP contribution is 2.22. The maximum atomic E-state index is 11.3. The standard InChI is InChI=1S/C12H18O3/c1-3-4-5-6-9-7-10(13)8-11(15-2)12(9)14/h7-8,12,14H,3-6H2,1-2H3. The summed E-state index contributed by atoms with van der Waals surface area (Å²) < 4.78 is 4.96. The lowest BCUT2D eigenvalue weighted by Gasteiger charge is -2.20. The van der Waals surface area contributed by atoms with Crippen molar-refractivity contribution in [2.75, 3.05) is 7.11 Å². The Morgan fingerprint density at radius 1 is 1.40 bits per heavy atom. The van der Waals surface area contributed by atoms with Gasteiger partial charge in [-0.05, 0) is 24.5 Å². The number of rotatable bonds is 5. The van der Waals surface area contributed by atoms with Gasteiger partial charge in [-0.3, -0.25) is 4.79 Å². The van der Waals surface area contributed by atoms with Crippen LogP contribution in [0.25, 0.3) is 0 Å². The molecule has 1 atom stereocenters. The second kappa shape index (κ2) is 5.71. The number of carbonyl (C=O) groups excluding carboxylic acids is 1. The molecule has 0 radical (unpaired) electrons. The minimum atomic E-state index is -0.732. The topological polar surface area (TPSA) is 46.5 Å². The average Bonchev–Trinajstić information content (AvgIpc) is 2.23. The van der Waals surface area contributed by atoms with Crippen LogP contribution in [0, 0.1) is 0 Å². The molecular weight excluding hydrogens is 192 g/mol. The van der Waals surface area contributed by atoms with E-state index < -0.39 is 6.10 Å². The molecule has 1 unspecified atom stereocenters. The molecule has 1 aliphatic rings. The molecule has 84 valence electrons. The summed E-state index contributed by atoms with van der Waals surface area (Å²) in [4.78, 5) is 11.3. The van der Waals surface area contributed by atoms with Crippen LogP contribution in [0.2, 0.25) is 0 Å². The van der Waals surface area contributed by atoms with E-state index in [2.05, 4.69) is 6.92 Å². The van der Waals surface area contributed by atoms with Gasteiger partial charge < -0.3 is 9.84 Å². The molecule has 15 heavy (non-hydrogen) atoms. The van der Waals surface area contributed by atoms with Gasteiger partial charge in [-0.1, -0.05) is 19.8 Å². The Morgan fingerprint density at radius 2 is 2.13 bits per heavy atom. The van der Waals surface area contributed by atoms with Crippen LogP contribution in [-0.4, -0.2) is 24.1 Å². The molecule has 0 bridgehead atoms. The zero-order valence-electron chi connectivity index (χ0n) is 9.32. The van der Waals surface area contributed by atoms with Crippen molar-refractivity contribution in [2.45, 2.75) is 38.7 Å². The molecule has 0 aromatic carbocycles. The predicted molar refractivity (Wildman–Crippen MR) is 58.3 cm³/mol. The van der Waals surface area contributed by atoms with Gasteiger partial charge in [0.1, 0.15) is 11.9 Å². The van der Waals surface area contributed by atoms with Gasteiger partial charge >= 0.3 is 0 Å². The average molecular weight is 210 g/mol. The molecule has 3 nitrogen and oxygen atoms in total. The van der Waals surface area contributed by atoms with Crippen molar-refractivity contribution in [3.8, 4) is 0 Å². The van der Waals surface area contributed by atoms with Crippen molar-refractivity contribution in [3.63, 3.8) is 0 Å². The number of aliphatic hydroxyl groups is 1. The van der Waals surface area contributed by atoms with Gasteiger partial charge in [0, 0.05) is 6.08 Å². The second-order valence-electron chi connectivity index (χ2n) is 3.73. The quantitative estimate of drug-likeness (QED) is 0.706. The Morgan fingerprint density at radius 3 is 2.73 bits per heavy atom. The summed E-state index contributed by atoms with van der Waals surface area (Å²) in [5.41, 5.74) is 0.771. The third-order valence-corrected chi connectivity index (χ3v) is 2.54. The molecular formula is C12H18O3. The SMILES string of the molecule is CCCCCC1=CC(=O)C=C(OC)C1O. The van der Waals surface area contributed by atoms with E-state index in [0.717, 1.165) is 31.3 Å². The van der Waals surface area contributed by atoms with E-state index in [1.165, 1.54) is 19.3 Å². The van der Waals surface area contributed by atoms with Crippen LogP contribution in [0.1, 0.15) is 32.6 Å². The van der Waals surface area contributed by atoms with Crippen LogP contribution in [0.5, 0.6) is 0 Å². The molecule has 1 aliphatic carbocycles. The van der Waals surface area contributed by atoms with Crippen LogP contribution in [0.3, 0.4) is 0 Å². The Bertz CT molecular complexity index is 289. The zero-order chi connectivity index (χ0) is 11.3. The molecule has 1 N–H and O–H groups in total. The molecule has 0 aromatic rings. The lowest BCUT2D eigenvalue weighted by molar-refractivity contribution is -0.111. The summed E-state index contributed by atoms with van der Waals surface area (Å²) >= 11 is 0. The van der Waals surface area contributed by atoms with E-state index in [1.807, 2.05) is 0 Å². The lowest BCUT2D eigenvalue weighted by Crippen LogP contribution is -2.21. The Balaban J connectivity index is 2.60. The predicted octanol–water partition coefficient (Wildman–Crippen LogP) is 1.97. The summed E-state index contributed by atoms with van der Waals surface area (Å²) in [6.45, 7) is 2.12. The first kappa shape index (κ1) is 12.0. The number of unbranched alkanes of at least 4 members (excludes halogenated alkanes) is 2. The Kier molecular flexibility index (Phi) is 4.56. The highest BCUT2D eigenvalue weighted by molar-refractivity contribution is 6.01. The van der Waals surface area contributed by atoms with Gasteiger partial charge in [0.2, 0.25) is 0 Å². The van der Waals surface area contributed by atoms with Gasteiger partial charge in [-0.15, -0.1) is 0 Å². The van der Waals surface area contributed by atoms with Crippen LogP contribution in [0.15, 0.2) is 23.5 Å². The first-order valence-corrected chi connectivity index (χ1v) is 5.37. The van der Waals surface area contributed by atoms with E-state index in [9.17, 15) is 9.90 Å². The van der Waals surface area contributed by atoms with E-state index in [1.54, 1.807) is 0 Å². The van der Waals surface area contributed by atoms with Gasteiger partial charge in [0.15, 0.2) is 5.78 Å². The highest BCUT2D eigenvalue weighted by Gasteiger charge is 2.22. The van der Waals surface area contributed by atoms with E-state index >= 15 is 0 Å². The molecule has 0 saturated carbocycles. The van der Waals surface area contributed by atoms with Crippen molar-refractivity contribution in [1.82, 2.24) is 0 Å². The Labute approximate surface area is 90.4 Å². The third kappa shape index (κ3) is 3.20. The van der Waals surface area contributed by atoms with Crippen LogP contribution >= 0.6 is 0 Å². The molecule has 0 fully saturated rings. The molecule has 0 saturated heterocycles. The number of methoxy groups -OCH3 is 1. The molecule has 3 heteroatoms. The molecule has 0 aromatic heterocycles. The number of hydrogen-bond donors (Lipinski definition) is 1. The van der Waals surface area contributed by atoms with Gasteiger partial charge in [-0.25, -0.2) is 0 Å². The fourth-order valence-electron chi connectivity index (χ4n) is 1.66. The summed E-state index contributed by atoms with van der Waals surface area (Å²) in [6, 6.07) is 0. The largest absolute Gasteiger partial charge is 0.498 e. The first-order chi connectivity index (χ1) is 7.19. The Hall–Kier alpha value is -1.09. The fourth-order valence-corrected chi connectivity index (χ4v) is 1.66. The summed E-state index contributed by atoms with van der Waals surface area (Å²) in [5.74, 6) is 0.262. The van der Waals surface area contributed by atoms with E-state index in [0.29, 0.717) is 5.76 Å². The fraction of sp³-hybridized carbons (Fsp3) is 0.583. The zero-order valence-corrected chi connectivity index (χ0v) is 9.32. The minimum Gasteiger partial charge on any atom is -0.498 e. The van der Waals surface area contributed by atoms with E-state index in [-0.39, 0.29) is 5.78 Å². The summed E-state index contributed by atoms with van der Waals surface area (Å²) in [5, 5.41) is 9.83. The summed E-state index contributed by atoms with van der Waals surface area (Å²) in [7, 11) is 1.47. The second-order valence-corrected chi connectivity index (χ2v) is 3.73. The maximum absolute atomic E-state index is 11.3. The number of ketones is 1. The van der Waals surface area contributed by atoms with Gasteiger partial charge in [0.05, 0.1) is 7.11 Å². The normalized spacial score (nSPS) is 21.0. The van der Waals surface area contributed by atoms with Crippen molar-refractivity contribution in [2.24, 2.45) is 0 Å². The van der Waals surface area contributed by atoms with Crippen molar-refractivity contribution in [3.05, 3.63) is 23.5 Å².